The van der Waals surface area contributed by atoms with Crippen molar-refractivity contribution in [1.29, 1.82) is 0 Å². The number of carbonyl (C=O) groups excluding carboxylic acids is 1. The summed E-state index contributed by atoms with van der Waals surface area (Å²) in [6, 6.07) is 8.49. The molecule has 2 atom stereocenters. The molecule has 2 saturated heterocycles. The summed E-state index contributed by atoms with van der Waals surface area (Å²) in [5, 5.41) is 8.06. The number of piperidine rings is 1. The average Bonchev–Trinajstić information content (AvgIpc) is 3.66. The van der Waals surface area contributed by atoms with E-state index in [4.69, 9.17) is 37.8 Å². The van der Waals surface area contributed by atoms with E-state index >= 15 is 8.78 Å². The third kappa shape index (κ3) is 7.45. The first-order chi connectivity index (χ1) is 19.0. The molecule has 0 aromatic heterocycles. The van der Waals surface area contributed by atoms with Gasteiger partial charge in [-0.15, -0.1) is 0 Å². The molecule has 0 radical (unpaired) electrons. The highest BCUT2D eigenvalue weighted by molar-refractivity contribution is 6.34. The SMILES string of the molecule is CC1CCN(C(=O)c2cc(C3CC3)c(OCC3(F)CCN(C(C)c4cc(Cl)cc(Cl)c4)CC3)cc2F)C1.O=CO. The zero-order chi connectivity index (χ0) is 29.0. The standard InChI is InChI=1S/C29H34Cl2F2N2O2.CH2O2/c1-18-5-8-35(16-18)28(36)25-14-24(20-3-4-20)27(15-26(25)32)37-17-29(33)6-9-34(10-7-29)19(2)21-11-22(30)13-23(31)12-21;2-1-3/h11-15,18-20H,3-10,16-17H2,1-2H3;1H,(H,2,3). The Morgan fingerprint density at radius 1 is 1.12 bits per heavy atom. The summed E-state index contributed by atoms with van der Waals surface area (Å²) >= 11 is 12.3. The normalized spacial score (nSPS) is 21.4. The Balaban J connectivity index is 0.00000118. The van der Waals surface area contributed by atoms with Crippen LogP contribution in [0.25, 0.3) is 0 Å². The van der Waals surface area contributed by atoms with Crippen molar-refractivity contribution in [3.05, 3.63) is 62.9 Å². The lowest BCUT2D eigenvalue weighted by Crippen LogP contribution is -2.45. The quantitative estimate of drug-likeness (QED) is 0.344. The van der Waals surface area contributed by atoms with Gasteiger partial charge in [-0.3, -0.25) is 14.5 Å². The number of likely N-dealkylation sites (tertiary alicyclic amines) is 2. The van der Waals surface area contributed by atoms with Crippen LogP contribution >= 0.6 is 23.2 Å². The van der Waals surface area contributed by atoms with Crippen molar-refractivity contribution in [3.63, 3.8) is 0 Å². The number of nitrogens with zero attached hydrogens (tertiary/aromatic N) is 2. The van der Waals surface area contributed by atoms with Crippen LogP contribution < -0.4 is 4.74 Å². The molecule has 2 aromatic rings. The minimum Gasteiger partial charge on any atom is -0.490 e. The van der Waals surface area contributed by atoms with Crippen LogP contribution in [0.3, 0.4) is 0 Å². The molecule has 10 heteroatoms. The molecule has 1 aliphatic carbocycles. The molecule has 3 aliphatic rings. The van der Waals surface area contributed by atoms with Gasteiger partial charge in [0.25, 0.3) is 12.4 Å². The number of rotatable bonds is 7. The molecule has 2 heterocycles. The van der Waals surface area contributed by atoms with Crippen molar-refractivity contribution in [3.8, 4) is 5.75 Å². The van der Waals surface area contributed by atoms with Crippen molar-refractivity contribution < 1.29 is 28.2 Å². The number of amides is 1. The summed E-state index contributed by atoms with van der Waals surface area (Å²) in [6.07, 6.45) is 3.51. The Morgan fingerprint density at radius 3 is 2.30 bits per heavy atom. The maximum atomic E-state index is 15.8. The van der Waals surface area contributed by atoms with E-state index in [-0.39, 0.29) is 36.5 Å². The maximum Gasteiger partial charge on any atom is 0.290 e. The zero-order valence-corrected chi connectivity index (χ0v) is 24.4. The Labute approximate surface area is 244 Å². The molecule has 0 spiro atoms. The first kappa shape index (κ1) is 30.5. The minimum absolute atomic E-state index is 0.0564. The van der Waals surface area contributed by atoms with Crippen LogP contribution in [0.1, 0.15) is 79.4 Å². The first-order valence-electron chi connectivity index (χ1n) is 13.8. The summed E-state index contributed by atoms with van der Waals surface area (Å²) in [4.78, 5) is 25.3. The van der Waals surface area contributed by atoms with E-state index < -0.39 is 11.5 Å². The van der Waals surface area contributed by atoms with Crippen molar-refractivity contribution >= 4 is 35.6 Å². The second-order valence-corrected chi connectivity index (χ2v) is 12.1. The molecule has 218 valence electrons. The number of hydrogen-bond acceptors (Lipinski definition) is 4. The van der Waals surface area contributed by atoms with Gasteiger partial charge in [0.05, 0.1) is 5.56 Å². The second kappa shape index (κ2) is 13.0. The van der Waals surface area contributed by atoms with Gasteiger partial charge < -0.3 is 14.7 Å². The molecule has 1 N–H and O–H groups in total. The van der Waals surface area contributed by atoms with E-state index in [9.17, 15) is 4.79 Å². The summed E-state index contributed by atoms with van der Waals surface area (Å²) in [7, 11) is 0. The third-order valence-electron chi connectivity index (χ3n) is 8.15. The van der Waals surface area contributed by atoms with Gasteiger partial charge in [0.2, 0.25) is 0 Å². The smallest absolute Gasteiger partial charge is 0.290 e. The van der Waals surface area contributed by atoms with Gasteiger partial charge in [-0.25, -0.2) is 8.78 Å². The second-order valence-electron chi connectivity index (χ2n) is 11.2. The lowest BCUT2D eigenvalue weighted by molar-refractivity contribution is -0.122. The molecule has 1 amide bonds. The number of hydrogen-bond donors (Lipinski definition) is 1. The van der Waals surface area contributed by atoms with Gasteiger partial charge in [-0.05, 0) is 86.3 Å². The molecule has 1 saturated carbocycles. The van der Waals surface area contributed by atoms with Gasteiger partial charge >= 0.3 is 0 Å². The van der Waals surface area contributed by atoms with Crippen LogP contribution in [0, 0.1) is 11.7 Å². The predicted molar refractivity (Wildman–Crippen MR) is 152 cm³/mol. The summed E-state index contributed by atoms with van der Waals surface area (Å²) in [5.74, 6) is 0.173. The fourth-order valence-corrected chi connectivity index (χ4v) is 6.10. The van der Waals surface area contributed by atoms with Crippen LogP contribution in [0.5, 0.6) is 5.75 Å². The average molecular weight is 598 g/mol. The predicted octanol–water partition coefficient (Wildman–Crippen LogP) is 7.14. The van der Waals surface area contributed by atoms with Gasteiger partial charge in [0, 0.05) is 48.3 Å². The van der Waals surface area contributed by atoms with Crippen LogP contribution in [-0.4, -0.2) is 65.7 Å². The fourth-order valence-electron chi connectivity index (χ4n) is 5.55. The fraction of sp³-hybridized carbons (Fsp3) is 0.533. The highest BCUT2D eigenvalue weighted by atomic mass is 35.5. The van der Waals surface area contributed by atoms with Gasteiger partial charge in [-0.1, -0.05) is 30.1 Å². The van der Waals surface area contributed by atoms with Crippen LogP contribution in [-0.2, 0) is 4.79 Å². The van der Waals surface area contributed by atoms with Crippen molar-refractivity contribution in [2.75, 3.05) is 32.8 Å². The molecular formula is C30H36Cl2F2N2O4. The lowest BCUT2D eigenvalue weighted by atomic mass is 9.92. The largest absolute Gasteiger partial charge is 0.490 e. The van der Waals surface area contributed by atoms with E-state index in [2.05, 4.69) is 18.7 Å². The molecule has 2 aromatic carbocycles. The molecular weight excluding hydrogens is 561 g/mol. The maximum absolute atomic E-state index is 15.8. The Kier molecular flexibility index (Phi) is 9.96. The van der Waals surface area contributed by atoms with E-state index in [1.807, 2.05) is 12.1 Å². The molecule has 3 fully saturated rings. The number of ether oxygens (including phenoxy) is 1. The first-order valence-corrected chi connectivity index (χ1v) is 14.5. The van der Waals surface area contributed by atoms with E-state index in [1.165, 1.54) is 6.07 Å². The van der Waals surface area contributed by atoms with Crippen molar-refractivity contribution in [2.24, 2.45) is 5.92 Å². The summed E-state index contributed by atoms with van der Waals surface area (Å²) in [6.45, 7) is 6.23. The topological polar surface area (TPSA) is 70.1 Å². The number of carbonyl (C=O) groups is 2. The third-order valence-corrected chi connectivity index (χ3v) is 8.59. The lowest BCUT2D eigenvalue weighted by Gasteiger charge is -2.39. The number of alkyl halides is 1. The molecule has 6 nitrogen and oxygen atoms in total. The molecule has 40 heavy (non-hydrogen) atoms. The van der Waals surface area contributed by atoms with E-state index in [1.54, 1.807) is 17.0 Å². The molecule has 5 rings (SSSR count). The highest BCUT2D eigenvalue weighted by Gasteiger charge is 2.38. The van der Waals surface area contributed by atoms with E-state index in [0.29, 0.717) is 60.7 Å². The minimum atomic E-state index is -1.50. The van der Waals surface area contributed by atoms with Crippen molar-refractivity contribution in [2.45, 2.75) is 63.6 Å². The van der Waals surface area contributed by atoms with Crippen molar-refractivity contribution in [1.82, 2.24) is 9.80 Å². The monoisotopic (exact) mass is 596 g/mol. The van der Waals surface area contributed by atoms with Crippen LogP contribution in [0.2, 0.25) is 10.0 Å². The number of halogens is 4. The number of carboxylic acid groups (broad SMARTS) is 1. The molecule has 2 unspecified atom stereocenters. The Hall–Kier alpha value is -2.42. The summed E-state index contributed by atoms with van der Waals surface area (Å²) < 4.78 is 36.8. The van der Waals surface area contributed by atoms with E-state index in [0.717, 1.165) is 30.4 Å². The molecule has 2 aliphatic heterocycles. The highest BCUT2D eigenvalue weighted by Crippen LogP contribution is 2.46. The van der Waals surface area contributed by atoms with Gasteiger partial charge in [0.15, 0.2) is 0 Å². The molecule has 0 bridgehead atoms. The van der Waals surface area contributed by atoms with Crippen LogP contribution in [0.15, 0.2) is 30.3 Å². The van der Waals surface area contributed by atoms with Gasteiger partial charge in [0.1, 0.15) is 23.8 Å². The van der Waals surface area contributed by atoms with Crippen LogP contribution in [0.4, 0.5) is 8.78 Å². The zero-order valence-electron chi connectivity index (χ0n) is 22.8. The number of benzene rings is 2. The Bertz CT molecular complexity index is 1200. The Morgan fingerprint density at radius 2 is 1.75 bits per heavy atom. The summed E-state index contributed by atoms with van der Waals surface area (Å²) in [5.41, 5.74) is 0.425. The van der Waals surface area contributed by atoms with Gasteiger partial charge in [-0.2, -0.15) is 0 Å².